The van der Waals surface area contributed by atoms with Crippen LogP contribution in [0.1, 0.15) is 25.0 Å². The Hall–Kier alpha value is -3.64. The van der Waals surface area contributed by atoms with Crippen LogP contribution in [0.15, 0.2) is 66.8 Å². The molecule has 0 unspecified atom stereocenters. The molecule has 0 bridgehead atoms. The van der Waals surface area contributed by atoms with Crippen molar-refractivity contribution in [2.75, 3.05) is 13.4 Å². The molecule has 3 rings (SSSR count). The molecule has 0 aliphatic carbocycles. The minimum atomic E-state index is -0.499. The average molecular weight is 406 g/mol. The predicted octanol–water partition coefficient (Wildman–Crippen LogP) is 4.56. The maximum atomic E-state index is 11.7. The fourth-order valence-electron chi connectivity index (χ4n) is 2.60. The van der Waals surface area contributed by atoms with Crippen LogP contribution >= 0.6 is 0 Å². The predicted molar refractivity (Wildman–Crippen MR) is 113 cm³/mol. The van der Waals surface area contributed by atoms with Crippen LogP contribution in [0.3, 0.4) is 0 Å². The highest BCUT2D eigenvalue weighted by atomic mass is 16.7. The van der Waals surface area contributed by atoms with Gasteiger partial charge >= 0.3 is 11.9 Å². The molecule has 0 amide bonds. The van der Waals surface area contributed by atoms with E-state index in [0.717, 1.165) is 16.7 Å². The van der Waals surface area contributed by atoms with E-state index in [4.69, 9.17) is 18.9 Å². The summed E-state index contributed by atoms with van der Waals surface area (Å²) in [5, 5.41) is 0. The van der Waals surface area contributed by atoms with Gasteiger partial charge in [-0.1, -0.05) is 25.3 Å². The van der Waals surface area contributed by atoms with Crippen molar-refractivity contribution < 1.29 is 28.5 Å². The summed E-state index contributed by atoms with van der Waals surface area (Å²) in [6.07, 6.45) is 1.94. The Morgan fingerprint density at radius 1 is 0.900 bits per heavy atom. The van der Waals surface area contributed by atoms with Gasteiger partial charge in [0.1, 0.15) is 17.2 Å². The van der Waals surface area contributed by atoms with Gasteiger partial charge in [-0.2, -0.15) is 0 Å². The molecule has 0 atom stereocenters. The van der Waals surface area contributed by atoms with Crippen molar-refractivity contribution in [1.82, 2.24) is 0 Å². The summed E-state index contributed by atoms with van der Waals surface area (Å²) in [6.45, 7) is 10.7. The van der Waals surface area contributed by atoms with Crippen molar-refractivity contribution in [2.24, 2.45) is 0 Å². The summed E-state index contributed by atoms with van der Waals surface area (Å²) in [4.78, 5) is 23.4. The highest BCUT2D eigenvalue weighted by Gasteiger charge is 2.14. The van der Waals surface area contributed by atoms with Crippen LogP contribution < -0.4 is 14.2 Å². The molecule has 0 saturated heterocycles. The number of fused-ring (bicyclic) bond motifs is 1. The van der Waals surface area contributed by atoms with Gasteiger partial charge in [-0.3, -0.25) is 0 Å². The second-order valence-corrected chi connectivity index (χ2v) is 6.84. The molecular formula is C24H22O6. The summed E-state index contributed by atoms with van der Waals surface area (Å²) in [7, 11) is 0. The van der Waals surface area contributed by atoms with E-state index in [1.807, 2.05) is 24.3 Å². The lowest BCUT2D eigenvalue weighted by Gasteiger charge is -2.17. The van der Waals surface area contributed by atoms with Crippen molar-refractivity contribution in [3.63, 3.8) is 0 Å². The molecule has 0 aromatic heterocycles. The van der Waals surface area contributed by atoms with Gasteiger partial charge in [0.25, 0.3) is 0 Å². The normalized spacial score (nSPS) is 14.7. The van der Waals surface area contributed by atoms with Gasteiger partial charge in [-0.05, 0) is 55.3 Å². The van der Waals surface area contributed by atoms with Gasteiger partial charge in [-0.15, -0.1) is 0 Å². The molecule has 0 saturated carbocycles. The molecule has 1 heterocycles. The summed E-state index contributed by atoms with van der Waals surface area (Å²) in [5.41, 5.74) is 3.30. The van der Waals surface area contributed by atoms with Crippen LogP contribution in [0, 0.1) is 0 Å². The van der Waals surface area contributed by atoms with Gasteiger partial charge in [0, 0.05) is 22.8 Å². The number of esters is 2. The molecule has 6 heteroatoms. The van der Waals surface area contributed by atoms with E-state index in [2.05, 4.69) is 13.2 Å². The van der Waals surface area contributed by atoms with Crippen molar-refractivity contribution in [3.8, 4) is 17.2 Å². The van der Waals surface area contributed by atoms with E-state index in [9.17, 15) is 9.59 Å². The zero-order chi connectivity index (χ0) is 21.7. The Labute approximate surface area is 175 Å². The standard InChI is InChI=1S/C24H22O6/c1-15(2)23(25)29-20-8-5-17(6-9-20)19-11-18-7-10-21(30-24(26)16(3)4)12-22(18)28-14-27-13-19/h5-12H,1,3,13-14H2,2,4H3/b19-11+. The van der Waals surface area contributed by atoms with Gasteiger partial charge in [0.2, 0.25) is 0 Å². The van der Waals surface area contributed by atoms with Gasteiger partial charge in [-0.25, -0.2) is 9.59 Å². The Kier molecular flexibility index (Phi) is 6.49. The number of hydrogen-bond donors (Lipinski definition) is 0. The van der Waals surface area contributed by atoms with E-state index in [1.54, 1.807) is 38.1 Å². The first kappa shape index (κ1) is 21.1. The van der Waals surface area contributed by atoms with Crippen molar-refractivity contribution in [2.45, 2.75) is 13.8 Å². The summed E-state index contributed by atoms with van der Waals surface area (Å²) in [6, 6.07) is 12.3. The third kappa shape index (κ3) is 5.24. The largest absolute Gasteiger partial charge is 0.467 e. The van der Waals surface area contributed by atoms with Crippen LogP contribution in [0.2, 0.25) is 0 Å². The molecule has 0 fully saturated rings. The Morgan fingerprint density at radius 3 is 2.13 bits per heavy atom. The van der Waals surface area contributed by atoms with Crippen molar-refractivity contribution in [3.05, 3.63) is 77.9 Å². The maximum Gasteiger partial charge on any atom is 0.338 e. The SMILES string of the molecule is C=C(C)C(=O)Oc1ccc(/C2=C/c3ccc(OC(=O)C(=C)C)cc3OCOC2)cc1. The maximum absolute atomic E-state index is 11.7. The fraction of sp³-hybridized carbons (Fsp3) is 0.167. The first-order valence-corrected chi connectivity index (χ1v) is 9.24. The highest BCUT2D eigenvalue weighted by molar-refractivity contribution is 5.90. The molecule has 30 heavy (non-hydrogen) atoms. The average Bonchev–Trinajstić information content (AvgIpc) is 2.69. The molecule has 0 spiro atoms. The number of benzene rings is 2. The van der Waals surface area contributed by atoms with Crippen LogP contribution in [0.5, 0.6) is 17.2 Å². The quantitative estimate of drug-likeness (QED) is 0.412. The number of ether oxygens (including phenoxy) is 4. The Balaban J connectivity index is 1.84. The van der Waals surface area contributed by atoms with E-state index in [1.165, 1.54) is 0 Å². The Bertz CT molecular complexity index is 1030. The highest BCUT2D eigenvalue weighted by Crippen LogP contribution is 2.31. The zero-order valence-electron chi connectivity index (χ0n) is 16.9. The lowest BCUT2D eigenvalue weighted by Crippen LogP contribution is -2.11. The number of hydrogen-bond acceptors (Lipinski definition) is 6. The van der Waals surface area contributed by atoms with Gasteiger partial charge < -0.3 is 18.9 Å². The third-order valence-electron chi connectivity index (χ3n) is 4.21. The van der Waals surface area contributed by atoms with Crippen molar-refractivity contribution >= 4 is 23.6 Å². The second kappa shape index (κ2) is 9.24. The summed E-state index contributed by atoms with van der Waals surface area (Å²) >= 11 is 0. The molecule has 0 radical (unpaired) electrons. The number of carbonyl (C=O) groups is 2. The molecule has 1 aliphatic rings. The third-order valence-corrected chi connectivity index (χ3v) is 4.21. The van der Waals surface area contributed by atoms with Crippen LogP contribution in [0.25, 0.3) is 11.6 Å². The first-order valence-electron chi connectivity index (χ1n) is 9.24. The second-order valence-electron chi connectivity index (χ2n) is 6.84. The molecule has 6 nitrogen and oxygen atoms in total. The number of rotatable bonds is 5. The van der Waals surface area contributed by atoms with Crippen LogP contribution in [-0.4, -0.2) is 25.3 Å². The zero-order valence-corrected chi connectivity index (χ0v) is 16.9. The van der Waals surface area contributed by atoms with E-state index in [0.29, 0.717) is 35.0 Å². The summed E-state index contributed by atoms with van der Waals surface area (Å²) in [5.74, 6) is 0.366. The molecule has 154 valence electrons. The smallest absolute Gasteiger partial charge is 0.338 e. The molecule has 2 aromatic carbocycles. The van der Waals surface area contributed by atoms with Crippen molar-refractivity contribution in [1.29, 1.82) is 0 Å². The first-order chi connectivity index (χ1) is 14.3. The molecular weight excluding hydrogens is 384 g/mol. The lowest BCUT2D eigenvalue weighted by molar-refractivity contribution is -0.130. The van der Waals surface area contributed by atoms with Crippen LogP contribution in [0.4, 0.5) is 0 Å². The van der Waals surface area contributed by atoms with E-state index >= 15 is 0 Å². The van der Waals surface area contributed by atoms with Gasteiger partial charge in [0.15, 0.2) is 6.79 Å². The Morgan fingerprint density at radius 2 is 1.50 bits per heavy atom. The molecule has 0 N–H and O–H groups in total. The molecule has 2 aromatic rings. The minimum Gasteiger partial charge on any atom is -0.467 e. The summed E-state index contributed by atoms with van der Waals surface area (Å²) < 4.78 is 21.7. The monoisotopic (exact) mass is 406 g/mol. The van der Waals surface area contributed by atoms with E-state index in [-0.39, 0.29) is 6.79 Å². The number of carbonyl (C=O) groups excluding carboxylic acids is 2. The van der Waals surface area contributed by atoms with E-state index < -0.39 is 11.9 Å². The lowest BCUT2D eigenvalue weighted by atomic mass is 10.0. The minimum absolute atomic E-state index is 0.0521. The topological polar surface area (TPSA) is 71.1 Å². The van der Waals surface area contributed by atoms with Crippen LogP contribution in [-0.2, 0) is 14.3 Å². The molecule has 1 aliphatic heterocycles. The fourth-order valence-corrected chi connectivity index (χ4v) is 2.60. The van der Waals surface area contributed by atoms with Gasteiger partial charge in [0.05, 0.1) is 6.61 Å².